The van der Waals surface area contributed by atoms with Gasteiger partial charge in [0.05, 0.1) is 18.4 Å². The van der Waals surface area contributed by atoms with E-state index in [1.54, 1.807) is 19.2 Å². The van der Waals surface area contributed by atoms with Crippen molar-refractivity contribution in [1.29, 1.82) is 0 Å². The molecule has 1 N–H and O–H groups in total. The third-order valence-electron chi connectivity index (χ3n) is 4.18. The molecule has 0 saturated carbocycles. The number of hydrogen-bond acceptors (Lipinski definition) is 4. The average Bonchev–Trinajstić information content (AvgIpc) is 2.62. The van der Waals surface area contributed by atoms with Crippen LogP contribution in [0.2, 0.25) is 0 Å². The minimum atomic E-state index is -0.725. The van der Waals surface area contributed by atoms with Gasteiger partial charge in [0.15, 0.2) is 0 Å². The number of pyridine rings is 1. The fourth-order valence-corrected chi connectivity index (χ4v) is 2.57. The molecular weight excluding hydrogens is 351 g/mol. The molecule has 6 nitrogen and oxygen atoms in total. The summed E-state index contributed by atoms with van der Waals surface area (Å²) in [5, 5.41) is 2.38. The summed E-state index contributed by atoms with van der Waals surface area (Å²) in [5.41, 5.74) is -0.0998. The summed E-state index contributed by atoms with van der Waals surface area (Å²) in [6.45, 7) is 6.22. The number of carbonyl (C=O) groups is 2. The number of nitrogens with zero attached hydrogens (tertiary/aromatic N) is 1. The number of methoxy groups -OCH3 is 1. The Hall–Kier alpha value is -2.96. The van der Waals surface area contributed by atoms with Crippen LogP contribution in [0.25, 0.3) is 0 Å². The number of halogens is 1. The summed E-state index contributed by atoms with van der Waals surface area (Å²) in [4.78, 5) is 36.9. The van der Waals surface area contributed by atoms with Crippen LogP contribution in [-0.2, 0) is 11.3 Å². The first-order valence-corrected chi connectivity index (χ1v) is 8.63. The lowest BCUT2D eigenvalue weighted by molar-refractivity contribution is 0.0600. The van der Waals surface area contributed by atoms with Crippen molar-refractivity contribution in [3.63, 3.8) is 0 Å². The maximum absolute atomic E-state index is 14.1. The highest BCUT2D eigenvalue weighted by Gasteiger charge is 2.18. The van der Waals surface area contributed by atoms with Crippen molar-refractivity contribution in [2.75, 3.05) is 12.4 Å². The molecule has 27 heavy (non-hydrogen) atoms. The van der Waals surface area contributed by atoms with E-state index in [4.69, 9.17) is 0 Å². The van der Waals surface area contributed by atoms with Gasteiger partial charge in [-0.25, -0.2) is 9.18 Å². The third kappa shape index (κ3) is 4.81. The van der Waals surface area contributed by atoms with Gasteiger partial charge in [-0.2, -0.15) is 0 Å². The lowest BCUT2D eigenvalue weighted by Crippen LogP contribution is -2.30. The van der Waals surface area contributed by atoms with Crippen LogP contribution in [0.15, 0.2) is 35.3 Å². The molecule has 0 bridgehead atoms. The van der Waals surface area contributed by atoms with Crippen LogP contribution in [0.1, 0.15) is 46.5 Å². The molecule has 2 aromatic rings. The second-order valence-electron chi connectivity index (χ2n) is 6.70. The summed E-state index contributed by atoms with van der Waals surface area (Å²) < 4.78 is 20.1. The normalized spacial score (nSPS) is 10.7. The third-order valence-corrected chi connectivity index (χ3v) is 4.18. The standard InChI is InChI=1S/C20H23FN2O4/c1-12(2)7-9-23-10-8-13(3)17(19(23)25)18(24)22-16-11-14(20(26)27-4)5-6-15(16)21/h5-6,8,10-12H,7,9H2,1-4H3,(H,22,24). The number of aryl methyl sites for hydroxylation is 2. The predicted molar refractivity (Wildman–Crippen MR) is 101 cm³/mol. The lowest BCUT2D eigenvalue weighted by Gasteiger charge is -2.13. The van der Waals surface area contributed by atoms with Gasteiger partial charge in [-0.3, -0.25) is 9.59 Å². The molecule has 7 heteroatoms. The number of carbonyl (C=O) groups excluding carboxylic acids is 2. The summed E-state index contributed by atoms with van der Waals surface area (Å²) in [5.74, 6) is -1.69. The van der Waals surface area contributed by atoms with Crippen LogP contribution in [0.4, 0.5) is 10.1 Å². The van der Waals surface area contributed by atoms with Crippen LogP contribution < -0.4 is 10.9 Å². The molecule has 0 unspecified atom stereocenters. The Bertz CT molecular complexity index is 919. The van der Waals surface area contributed by atoms with E-state index in [9.17, 15) is 18.8 Å². The second kappa shape index (κ2) is 8.62. The second-order valence-corrected chi connectivity index (χ2v) is 6.70. The van der Waals surface area contributed by atoms with Gasteiger partial charge in [0.25, 0.3) is 11.5 Å². The number of benzene rings is 1. The van der Waals surface area contributed by atoms with Gasteiger partial charge in [0.2, 0.25) is 0 Å². The van der Waals surface area contributed by atoms with Gasteiger partial charge >= 0.3 is 5.97 Å². The smallest absolute Gasteiger partial charge is 0.337 e. The number of nitrogens with one attached hydrogen (secondary N) is 1. The molecule has 1 aromatic carbocycles. The number of rotatable bonds is 6. The highest BCUT2D eigenvalue weighted by Crippen LogP contribution is 2.18. The zero-order chi connectivity index (χ0) is 20.1. The van der Waals surface area contributed by atoms with E-state index in [1.165, 1.54) is 23.8 Å². The van der Waals surface area contributed by atoms with Crippen LogP contribution in [-0.4, -0.2) is 23.6 Å². The highest BCUT2D eigenvalue weighted by molar-refractivity contribution is 6.05. The van der Waals surface area contributed by atoms with Crippen molar-refractivity contribution < 1.29 is 18.7 Å². The minimum Gasteiger partial charge on any atom is -0.465 e. The zero-order valence-electron chi connectivity index (χ0n) is 15.8. The first-order chi connectivity index (χ1) is 12.7. The number of esters is 1. The molecule has 2 rings (SSSR count). The number of aromatic nitrogens is 1. The van der Waals surface area contributed by atoms with E-state index in [1.807, 2.05) is 13.8 Å². The molecule has 1 aromatic heterocycles. The topological polar surface area (TPSA) is 77.4 Å². The fourth-order valence-electron chi connectivity index (χ4n) is 2.57. The molecule has 1 heterocycles. The average molecular weight is 374 g/mol. The van der Waals surface area contributed by atoms with Gasteiger partial charge in [0.1, 0.15) is 11.4 Å². The fraction of sp³-hybridized carbons (Fsp3) is 0.350. The van der Waals surface area contributed by atoms with Gasteiger partial charge in [-0.15, -0.1) is 0 Å². The van der Waals surface area contributed by atoms with Crippen LogP contribution in [0, 0.1) is 18.7 Å². The zero-order valence-corrected chi connectivity index (χ0v) is 15.8. The Balaban J connectivity index is 2.35. The Morgan fingerprint density at radius 2 is 1.96 bits per heavy atom. The Labute approximate surface area is 157 Å². The van der Waals surface area contributed by atoms with Crippen molar-refractivity contribution in [3.05, 3.63) is 63.3 Å². The number of amides is 1. The van der Waals surface area contributed by atoms with Crippen molar-refractivity contribution in [2.24, 2.45) is 5.92 Å². The summed E-state index contributed by atoms with van der Waals surface area (Å²) in [6.07, 6.45) is 2.44. The van der Waals surface area contributed by atoms with E-state index in [0.717, 1.165) is 12.5 Å². The maximum atomic E-state index is 14.1. The monoisotopic (exact) mass is 374 g/mol. The molecule has 1 amide bonds. The van der Waals surface area contributed by atoms with Crippen molar-refractivity contribution >= 4 is 17.6 Å². The first-order valence-electron chi connectivity index (χ1n) is 8.63. The summed E-state index contributed by atoms with van der Waals surface area (Å²) in [7, 11) is 1.21. The Morgan fingerprint density at radius 3 is 2.59 bits per heavy atom. The largest absolute Gasteiger partial charge is 0.465 e. The summed E-state index contributed by atoms with van der Waals surface area (Å²) in [6, 6.07) is 5.16. The highest BCUT2D eigenvalue weighted by atomic mass is 19.1. The first kappa shape index (κ1) is 20.4. The van der Waals surface area contributed by atoms with Crippen molar-refractivity contribution in [3.8, 4) is 0 Å². The maximum Gasteiger partial charge on any atom is 0.337 e. The SMILES string of the molecule is COC(=O)c1ccc(F)c(NC(=O)c2c(C)ccn(CCC(C)C)c2=O)c1. The van der Waals surface area contributed by atoms with Crippen LogP contribution >= 0.6 is 0 Å². The van der Waals surface area contributed by atoms with Crippen molar-refractivity contribution in [2.45, 2.75) is 33.7 Å². The molecular formula is C20H23FN2O4. The van der Waals surface area contributed by atoms with Gasteiger partial charge in [0, 0.05) is 12.7 Å². The Morgan fingerprint density at radius 1 is 1.26 bits per heavy atom. The van der Waals surface area contributed by atoms with Crippen LogP contribution in [0.3, 0.4) is 0 Å². The van der Waals surface area contributed by atoms with E-state index in [0.29, 0.717) is 18.0 Å². The number of ether oxygens (including phenoxy) is 1. The molecule has 144 valence electrons. The predicted octanol–water partition coefficient (Wildman–Crippen LogP) is 3.38. The molecule has 0 radical (unpaired) electrons. The molecule has 0 spiro atoms. The molecule has 0 aliphatic rings. The van der Waals surface area contributed by atoms with Crippen LogP contribution in [0.5, 0.6) is 0 Å². The van der Waals surface area contributed by atoms with Gasteiger partial charge in [-0.05, 0) is 49.1 Å². The molecule has 0 atom stereocenters. The molecule has 0 aliphatic heterocycles. The van der Waals surface area contributed by atoms with E-state index in [2.05, 4.69) is 10.1 Å². The number of hydrogen-bond donors (Lipinski definition) is 1. The molecule has 0 aliphatic carbocycles. The van der Waals surface area contributed by atoms with E-state index < -0.39 is 23.3 Å². The van der Waals surface area contributed by atoms with Gasteiger partial charge < -0.3 is 14.6 Å². The van der Waals surface area contributed by atoms with E-state index in [-0.39, 0.29) is 16.8 Å². The lowest BCUT2D eigenvalue weighted by atomic mass is 10.1. The van der Waals surface area contributed by atoms with Gasteiger partial charge in [-0.1, -0.05) is 13.8 Å². The quantitative estimate of drug-likeness (QED) is 0.787. The van der Waals surface area contributed by atoms with E-state index >= 15 is 0 Å². The Kier molecular flexibility index (Phi) is 6.50. The molecule has 0 fully saturated rings. The minimum absolute atomic E-state index is 0.0517. The number of anilines is 1. The van der Waals surface area contributed by atoms with Crippen molar-refractivity contribution in [1.82, 2.24) is 4.57 Å². The summed E-state index contributed by atoms with van der Waals surface area (Å²) >= 11 is 0. The molecule has 0 saturated heterocycles.